The van der Waals surface area contributed by atoms with Gasteiger partial charge in [0.25, 0.3) is 0 Å². The number of benzene rings is 2. The maximum atomic E-state index is 12.4. The molecule has 2 heterocycles. The van der Waals surface area contributed by atoms with E-state index >= 15 is 0 Å². The molecule has 1 unspecified atom stereocenters. The Kier molecular flexibility index (Phi) is 7.66. The first-order valence-corrected chi connectivity index (χ1v) is 11.2. The number of hydrogen-bond acceptors (Lipinski definition) is 4. The molecule has 5 nitrogen and oxygen atoms in total. The Labute approximate surface area is 189 Å². The Balaban J connectivity index is 1.28. The van der Waals surface area contributed by atoms with E-state index in [4.69, 9.17) is 4.74 Å². The minimum Gasteiger partial charge on any atom is -0.487 e. The third-order valence-corrected chi connectivity index (χ3v) is 5.66. The molecule has 1 atom stereocenters. The molecule has 1 amide bonds. The van der Waals surface area contributed by atoms with Gasteiger partial charge in [0.05, 0.1) is 11.7 Å². The summed E-state index contributed by atoms with van der Waals surface area (Å²) in [6, 6.07) is 24.1. The molecular weight excluding hydrogens is 398 g/mol. The van der Waals surface area contributed by atoms with Crippen LogP contribution in [0.4, 0.5) is 0 Å². The number of amides is 1. The minimum absolute atomic E-state index is 0.0828. The van der Waals surface area contributed by atoms with Crippen LogP contribution < -0.4 is 10.1 Å². The van der Waals surface area contributed by atoms with E-state index in [0.29, 0.717) is 13.2 Å². The van der Waals surface area contributed by atoms with Crippen molar-refractivity contribution in [2.75, 3.05) is 19.6 Å². The normalized spacial score (nSPS) is 15.0. The summed E-state index contributed by atoms with van der Waals surface area (Å²) >= 11 is 0. The fourth-order valence-electron chi connectivity index (χ4n) is 3.93. The first-order valence-electron chi connectivity index (χ1n) is 11.2. The fraction of sp³-hybridized carbons (Fsp3) is 0.259. The van der Waals surface area contributed by atoms with Crippen LogP contribution in [-0.2, 0) is 11.4 Å². The Morgan fingerprint density at radius 3 is 2.47 bits per heavy atom. The number of carbonyl (C=O) groups is 1. The van der Waals surface area contributed by atoms with Crippen molar-refractivity contribution in [2.45, 2.75) is 25.5 Å². The molecule has 2 aromatic carbocycles. The minimum atomic E-state index is -0.0828. The van der Waals surface area contributed by atoms with Gasteiger partial charge >= 0.3 is 0 Å². The lowest BCUT2D eigenvalue weighted by Gasteiger charge is -2.28. The van der Waals surface area contributed by atoms with E-state index in [1.165, 1.54) is 18.4 Å². The Morgan fingerprint density at radius 2 is 1.75 bits per heavy atom. The smallest absolute Gasteiger partial charge is 0.244 e. The van der Waals surface area contributed by atoms with Gasteiger partial charge in [-0.05, 0) is 67.4 Å². The number of rotatable bonds is 9. The summed E-state index contributed by atoms with van der Waals surface area (Å²) < 4.78 is 5.76. The summed E-state index contributed by atoms with van der Waals surface area (Å²) in [6.07, 6.45) is 7.61. The van der Waals surface area contributed by atoms with Crippen molar-refractivity contribution in [1.82, 2.24) is 15.2 Å². The van der Waals surface area contributed by atoms with Crippen LogP contribution in [0.3, 0.4) is 0 Å². The monoisotopic (exact) mass is 427 g/mol. The highest BCUT2D eigenvalue weighted by Crippen LogP contribution is 2.24. The molecule has 1 fully saturated rings. The standard InChI is InChI=1S/C27H29N3O2/c31-27(29-20-26(30-18-6-7-19-30)23-8-2-1-3-9-23)16-13-22-11-14-25(15-12-22)32-21-24-10-4-5-17-28-24/h1-5,8-17,26H,6-7,18-21H2,(H,29,31)/b16-13+. The van der Waals surface area contributed by atoms with Crippen molar-refractivity contribution in [3.05, 3.63) is 102 Å². The summed E-state index contributed by atoms with van der Waals surface area (Å²) in [5, 5.41) is 3.08. The Morgan fingerprint density at radius 1 is 1.00 bits per heavy atom. The van der Waals surface area contributed by atoms with Gasteiger partial charge in [-0.15, -0.1) is 0 Å². The van der Waals surface area contributed by atoms with Crippen LogP contribution in [-0.4, -0.2) is 35.4 Å². The van der Waals surface area contributed by atoms with E-state index in [9.17, 15) is 4.79 Å². The molecule has 1 saturated heterocycles. The van der Waals surface area contributed by atoms with Crippen LogP contribution in [0.15, 0.2) is 85.1 Å². The molecule has 0 bridgehead atoms. The second-order valence-electron chi connectivity index (χ2n) is 7.93. The number of carbonyl (C=O) groups excluding carboxylic acids is 1. The quantitative estimate of drug-likeness (QED) is 0.506. The molecule has 32 heavy (non-hydrogen) atoms. The molecular formula is C27H29N3O2. The van der Waals surface area contributed by atoms with Gasteiger partial charge in [-0.25, -0.2) is 0 Å². The average molecular weight is 428 g/mol. The fourth-order valence-corrected chi connectivity index (χ4v) is 3.93. The van der Waals surface area contributed by atoms with Crippen LogP contribution in [0.1, 0.15) is 35.7 Å². The second-order valence-corrected chi connectivity index (χ2v) is 7.93. The maximum absolute atomic E-state index is 12.4. The highest BCUT2D eigenvalue weighted by molar-refractivity contribution is 5.91. The van der Waals surface area contributed by atoms with Gasteiger partial charge in [0.1, 0.15) is 12.4 Å². The first-order chi connectivity index (χ1) is 15.8. The molecule has 1 aromatic heterocycles. The van der Waals surface area contributed by atoms with Gasteiger partial charge in [0.15, 0.2) is 0 Å². The summed E-state index contributed by atoms with van der Waals surface area (Å²) in [6.45, 7) is 3.20. The van der Waals surface area contributed by atoms with Crippen molar-refractivity contribution in [3.63, 3.8) is 0 Å². The van der Waals surface area contributed by atoms with E-state index in [1.807, 2.05) is 54.6 Å². The van der Waals surface area contributed by atoms with Gasteiger partial charge in [-0.1, -0.05) is 48.5 Å². The van der Waals surface area contributed by atoms with E-state index in [1.54, 1.807) is 12.3 Å². The lowest BCUT2D eigenvalue weighted by atomic mass is 10.1. The lowest BCUT2D eigenvalue weighted by Crippen LogP contribution is -2.36. The van der Waals surface area contributed by atoms with Crippen molar-refractivity contribution in [2.24, 2.45) is 0 Å². The van der Waals surface area contributed by atoms with Crippen molar-refractivity contribution < 1.29 is 9.53 Å². The second kappa shape index (κ2) is 11.3. The molecule has 164 valence electrons. The number of aromatic nitrogens is 1. The van der Waals surface area contributed by atoms with Gasteiger partial charge in [-0.3, -0.25) is 14.7 Å². The Bertz CT molecular complexity index is 998. The number of likely N-dealkylation sites (tertiary alicyclic amines) is 1. The van der Waals surface area contributed by atoms with Gasteiger partial charge in [0, 0.05) is 18.8 Å². The molecule has 5 heteroatoms. The number of ether oxygens (including phenoxy) is 1. The molecule has 0 radical (unpaired) electrons. The summed E-state index contributed by atoms with van der Waals surface area (Å²) in [4.78, 5) is 19.2. The number of hydrogen-bond donors (Lipinski definition) is 1. The molecule has 1 N–H and O–H groups in total. The molecule has 3 aromatic rings. The average Bonchev–Trinajstić information content (AvgIpc) is 3.38. The van der Waals surface area contributed by atoms with E-state index in [2.05, 4.69) is 39.5 Å². The van der Waals surface area contributed by atoms with Crippen molar-refractivity contribution in [3.8, 4) is 5.75 Å². The van der Waals surface area contributed by atoms with Crippen molar-refractivity contribution >= 4 is 12.0 Å². The molecule has 1 aliphatic rings. The number of nitrogens with one attached hydrogen (secondary N) is 1. The predicted octanol–water partition coefficient (Wildman–Crippen LogP) is 4.63. The third-order valence-electron chi connectivity index (χ3n) is 5.66. The summed E-state index contributed by atoms with van der Waals surface area (Å²) in [5.41, 5.74) is 3.08. The van der Waals surface area contributed by atoms with Gasteiger partial charge in [0.2, 0.25) is 5.91 Å². The molecule has 4 rings (SSSR count). The van der Waals surface area contributed by atoms with Crippen LogP contribution >= 0.6 is 0 Å². The topological polar surface area (TPSA) is 54.5 Å². The van der Waals surface area contributed by atoms with Crippen molar-refractivity contribution in [1.29, 1.82) is 0 Å². The summed E-state index contributed by atoms with van der Waals surface area (Å²) in [7, 11) is 0. The number of pyridine rings is 1. The van der Waals surface area contributed by atoms with Crippen LogP contribution in [0, 0.1) is 0 Å². The Hall–Kier alpha value is -3.44. The molecule has 0 aliphatic carbocycles. The molecule has 1 aliphatic heterocycles. The van der Waals surface area contributed by atoms with E-state index in [-0.39, 0.29) is 11.9 Å². The van der Waals surface area contributed by atoms with Crippen LogP contribution in [0.25, 0.3) is 6.08 Å². The highest BCUT2D eigenvalue weighted by Gasteiger charge is 2.23. The zero-order chi connectivity index (χ0) is 22.0. The van der Waals surface area contributed by atoms with E-state index in [0.717, 1.165) is 30.1 Å². The SMILES string of the molecule is O=C(/C=C/c1ccc(OCc2ccccn2)cc1)NCC(c1ccccc1)N1CCCC1. The van der Waals surface area contributed by atoms with E-state index < -0.39 is 0 Å². The zero-order valence-electron chi connectivity index (χ0n) is 18.2. The summed E-state index contributed by atoms with van der Waals surface area (Å²) in [5.74, 6) is 0.689. The van der Waals surface area contributed by atoms with Crippen LogP contribution in [0.2, 0.25) is 0 Å². The lowest BCUT2D eigenvalue weighted by molar-refractivity contribution is -0.116. The highest BCUT2D eigenvalue weighted by atomic mass is 16.5. The molecule has 0 spiro atoms. The largest absolute Gasteiger partial charge is 0.487 e. The van der Waals surface area contributed by atoms with Crippen LogP contribution in [0.5, 0.6) is 5.75 Å². The maximum Gasteiger partial charge on any atom is 0.244 e. The number of nitrogens with zero attached hydrogens (tertiary/aromatic N) is 2. The predicted molar refractivity (Wildman–Crippen MR) is 127 cm³/mol. The zero-order valence-corrected chi connectivity index (χ0v) is 18.2. The first kappa shape index (κ1) is 21.8. The van der Waals surface area contributed by atoms with Gasteiger partial charge < -0.3 is 10.1 Å². The van der Waals surface area contributed by atoms with Gasteiger partial charge in [-0.2, -0.15) is 0 Å². The third kappa shape index (κ3) is 6.28. The molecule has 0 saturated carbocycles.